The number of aromatic amines is 1. The SMILES string of the molecule is CC(C)C(=O)c1ccc2n[nH]nc2c1. The maximum atomic E-state index is 11.7. The molecule has 0 saturated heterocycles. The third-order valence-electron chi connectivity index (χ3n) is 2.13. The first kappa shape index (κ1) is 8.87. The number of carbonyl (C=O) groups is 1. The van der Waals surface area contributed by atoms with Gasteiger partial charge in [0.1, 0.15) is 11.0 Å². The number of benzene rings is 1. The van der Waals surface area contributed by atoms with E-state index in [9.17, 15) is 4.79 Å². The van der Waals surface area contributed by atoms with Crippen molar-refractivity contribution in [2.45, 2.75) is 13.8 Å². The van der Waals surface area contributed by atoms with Gasteiger partial charge < -0.3 is 0 Å². The first-order valence-electron chi connectivity index (χ1n) is 4.53. The van der Waals surface area contributed by atoms with E-state index in [1.54, 1.807) is 18.2 Å². The summed E-state index contributed by atoms with van der Waals surface area (Å²) in [6.07, 6.45) is 0. The van der Waals surface area contributed by atoms with Crippen LogP contribution in [0.2, 0.25) is 0 Å². The molecule has 1 heterocycles. The minimum absolute atomic E-state index is 0.0133. The highest BCUT2D eigenvalue weighted by atomic mass is 16.1. The molecule has 1 N–H and O–H groups in total. The van der Waals surface area contributed by atoms with Crippen LogP contribution in [0, 0.1) is 5.92 Å². The largest absolute Gasteiger partial charge is 0.294 e. The highest BCUT2D eigenvalue weighted by Gasteiger charge is 2.11. The normalized spacial score (nSPS) is 11.1. The lowest BCUT2D eigenvalue weighted by molar-refractivity contribution is 0.0939. The van der Waals surface area contributed by atoms with Crippen molar-refractivity contribution in [3.63, 3.8) is 0 Å². The fraction of sp³-hybridized carbons (Fsp3) is 0.300. The van der Waals surface area contributed by atoms with Gasteiger partial charge in [0.05, 0.1) is 0 Å². The van der Waals surface area contributed by atoms with Gasteiger partial charge in [-0.3, -0.25) is 4.79 Å². The number of rotatable bonds is 2. The highest BCUT2D eigenvalue weighted by molar-refractivity contribution is 5.99. The van der Waals surface area contributed by atoms with Crippen LogP contribution in [0.1, 0.15) is 24.2 Å². The van der Waals surface area contributed by atoms with E-state index in [1.807, 2.05) is 13.8 Å². The van der Waals surface area contributed by atoms with Crippen LogP contribution in [0.4, 0.5) is 0 Å². The average Bonchev–Trinajstić information content (AvgIpc) is 2.62. The Hall–Kier alpha value is -1.71. The number of nitrogens with one attached hydrogen (secondary N) is 1. The second kappa shape index (κ2) is 3.21. The molecule has 14 heavy (non-hydrogen) atoms. The summed E-state index contributed by atoms with van der Waals surface area (Å²) in [5, 5.41) is 10.4. The fourth-order valence-electron chi connectivity index (χ4n) is 1.33. The van der Waals surface area contributed by atoms with Gasteiger partial charge in [-0.15, -0.1) is 0 Å². The van der Waals surface area contributed by atoms with Gasteiger partial charge in [-0.05, 0) is 18.2 Å². The zero-order chi connectivity index (χ0) is 10.1. The molecule has 0 amide bonds. The van der Waals surface area contributed by atoms with Crippen molar-refractivity contribution < 1.29 is 4.79 Å². The predicted octanol–water partition coefficient (Wildman–Crippen LogP) is 1.80. The second-order valence-corrected chi connectivity index (χ2v) is 3.55. The summed E-state index contributed by atoms with van der Waals surface area (Å²) in [5.41, 5.74) is 2.21. The van der Waals surface area contributed by atoms with E-state index in [-0.39, 0.29) is 11.7 Å². The lowest BCUT2D eigenvalue weighted by atomic mass is 10.0. The summed E-state index contributed by atoms with van der Waals surface area (Å²) in [4.78, 5) is 11.7. The number of nitrogens with zero attached hydrogens (tertiary/aromatic N) is 2. The lowest BCUT2D eigenvalue weighted by Gasteiger charge is -2.02. The summed E-state index contributed by atoms with van der Waals surface area (Å²) >= 11 is 0. The van der Waals surface area contributed by atoms with E-state index >= 15 is 0 Å². The molecule has 1 aromatic carbocycles. The van der Waals surface area contributed by atoms with Crippen LogP contribution < -0.4 is 0 Å². The molecule has 0 radical (unpaired) electrons. The minimum atomic E-state index is 0.0133. The highest BCUT2D eigenvalue weighted by Crippen LogP contribution is 2.13. The summed E-state index contributed by atoms with van der Waals surface area (Å²) in [6, 6.07) is 5.35. The predicted molar refractivity (Wildman–Crippen MR) is 53.1 cm³/mol. The van der Waals surface area contributed by atoms with Gasteiger partial charge in [-0.1, -0.05) is 13.8 Å². The molecule has 0 aliphatic heterocycles. The summed E-state index contributed by atoms with van der Waals surface area (Å²) in [6.45, 7) is 3.77. The standard InChI is InChI=1S/C10H11N3O/c1-6(2)10(14)7-3-4-8-9(5-7)12-13-11-8/h3-6H,1-2H3,(H,11,12,13). The molecule has 0 atom stereocenters. The van der Waals surface area contributed by atoms with Crippen molar-refractivity contribution in [1.82, 2.24) is 15.4 Å². The van der Waals surface area contributed by atoms with Crippen LogP contribution in [0.3, 0.4) is 0 Å². The molecule has 0 spiro atoms. The molecule has 4 nitrogen and oxygen atoms in total. The number of H-pyrrole nitrogens is 1. The van der Waals surface area contributed by atoms with Crippen LogP contribution in [0.15, 0.2) is 18.2 Å². The number of carbonyl (C=O) groups excluding carboxylic acids is 1. The Balaban J connectivity index is 2.48. The molecular formula is C10H11N3O. The second-order valence-electron chi connectivity index (χ2n) is 3.55. The molecule has 0 saturated carbocycles. The third kappa shape index (κ3) is 1.39. The van der Waals surface area contributed by atoms with Gasteiger partial charge in [0, 0.05) is 11.5 Å². The molecule has 0 aliphatic carbocycles. The Bertz CT molecular complexity index is 473. The molecule has 0 fully saturated rings. The van der Waals surface area contributed by atoms with E-state index in [1.165, 1.54) is 0 Å². The van der Waals surface area contributed by atoms with Gasteiger partial charge >= 0.3 is 0 Å². The number of aromatic nitrogens is 3. The first-order chi connectivity index (χ1) is 6.68. The molecule has 4 heteroatoms. The van der Waals surface area contributed by atoms with Crippen molar-refractivity contribution >= 4 is 16.8 Å². The Labute approximate surface area is 81.3 Å². The van der Waals surface area contributed by atoms with Crippen molar-refractivity contribution in [2.24, 2.45) is 5.92 Å². The van der Waals surface area contributed by atoms with Gasteiger partial charge in [-0.2, -0.15) is 15.4 Å². The smallest absolute Gasteiger partial charge is 0.165 e. The first-order valence-corrected chi connectivity index (χ1v) is 4.53. The van der Waals surface area contributed by atoms with Gasteiger partial charge in [0.2, 0.25) is 0 Å². The van der Waals surface area contributed by atoms with Crippen LogP contribution >= 0.6 is 0 Å². The Morgan fingerprint density at radius 1 is 1.29 bits per heavy atom. The van der Waals surface area contributed by atoms with Crippen LogP contribution in [0.25, 0.3) is 11.0 Å². The zero-order valence-corrected chi connectivity index (χ0v) is 8.11. The van der Waals surface area contributed by atoms with Crippen molar-refractivity contribution in [1.29, 1.82) is 0 Å². The number of Topliss-reactive ketones (excluding diaryl/α,β-unsaturated/α-hetero) is 1. The van der Waals surface area contributed by atoms with Crippen molar-refractivity contribution in [2.75, 3.05) is 0 Å². The summed E-state index contributed by atoms with van der Waals surface area (Å²) in [7, 11) is 0. The van der Waals surface area contributed by atoms with Gasteiger partial charge in [0.15, 0.2) is 5.78 Å². The Morgan fingerprint density at radius 2 is 2.00 bits per heavy atom. The number of ketones is 1. The molecule has 1 aromatic heterocycles. The van der Waals surface area contributed by atoms with Crippen LogP contribution in [0.5, 0.6) is 0 Å². The van der Waals surface area contributed by atoms with Gasteiger partial charge in [-0.25, -0.2) is 0 Å². The van der Waals surface area contributed by atoms with Crippen molar-refractivity contribution in [3.8, 4) is 0 Å². The fourth-order valence-corrected chi connectivity index (χ4v) is 1.33. The number of hydrogen-bond donors (Lipinski definition) is 1. The van der Waals surface area contributed by atoms with Crippen LogP contribution in [-0.2, 0) is 0 Å². The van der Waals surface area contributed by atoms with E-state index in [0.29, 0.717) is 5.56 Å². The summed E-state index contributed by atoms with van der Waals surface area (Å²) in [5.74, 6) is 0.147. The quantitative estimate of drug-likeness (QED) is 0.733. The van der Waals surface area contributed by atoms with Crippen molar-refractivity contribution in [3.05, 3.63) is 23.8 Å². The van der Waals surface area contributed by atoms with E-state index in [4.69, 9.17) is 0 Å². The molecule has 0 bridgehead atoms. The number of hydrogen-bond acceptors (Lipinski definition) is 3. The summed E-state index contributed by atoms with van der Waals surface area (Å²) < 4.78 is 0. The van der Waals surface area contributed by atoms with Gasteiger partial charge in [0.25, 0.3) is 0 Å². The van der Waals surface area contributed by atoms with E-state index in [0.717, 1.165) is 11.0 Å². The number of fused-ring (bicyclic) bond motifs is 1. The zero-order valence-electron chi connectivity index (χ0n) is 8.11. The molecular weight excluding hydrogens is 178 g/mol. The lowest BCUT2D eigenvalue weighted by Crippen LogP contribution is -2.06. The molecule has 2 aromatic rings. The average molecular weight is 189 g/mol. The Morgan fingerprint density at radius 3 is 2.71 bits per heavy atom. The van der Waals surface area contributed by atoms with E-state index in [2.05, 4.69) is 15.4 Å². The van der Waals surface area contributed by atoms with E-state index < -0.39 is 0 Å². The monoisotopic (exact) mass is 189 g/mol. The maximum Gasteiger partial charge on any atom is 0.165 e. The molecule has 2 rings (SSSR count). The molecule has 72 valence electrons. The Kier molecular flexibility index (Phi) is 2.04. The topological polar surface area (TPSA) is 58.6 Å². The third-order valence-corrected chi connectivity index (χ3v) is 2.13. The minimum Gasteiger partial charge on any atom is -0.294 e. The molecule has 0 aliphatic rings. The van der Waals surface area contributed by atoms with Crippen LogP contribution in [-0.4, -0.2) is 21.2 Å². The maximum absolute atomic E-state index is 11.7. The molecule has 0 unspecified atom stereocenters.